The number of aromatic nitrogens is 2. The first-order valence-electron chi connectivity index (χ1n) is 12.5. The first-order chi connectivity index (χ1) is 19.2. The van der Waals surface area contributed by atoms with Gasteiger partial charge in [-0.3, -0.25) is 4.57 Å². The van der Waals surface area contributed by atoms with E-state index in [1.54, 1.807) is 0 Å². The maximum atomic E-state index is 12.5. The van der Waals surface area contributed by atoms with Crippen LogP contribution in [-0.4, -0.2) is 38.2 Å². The van der Waals surface area contributed by atoms with Gasteiger partial charge in [-0.05, 0) is 35.6 Å². The molecule has 1 aromatic heterocycles. The van der Waals surface area contributed by atoms with E-state index in [1.165, 1.54) is 16.8 Å². The number of fused-ring (bicyclic) bond motifs is 2. The molecule has 0 unspecified atom stereocenters. The van der Waals surface area contributed by atoms with Gasteiger partial charge < -0.3 is 34.3 Å². The zero-order valence-corrected chi connectivity index (χ0v) is 22.8. The predicted molar refractivity (Wildman–Crippen MR) is 150 cm³/mol. The van der Waals surface area contributed by atoms with Gasteiger partial charge >= 0.3 is 12.4 Å². The zero-order valence-electron chi connectivity index (χ0n) is 21.1. The van der Waals surface area contributed by atoms with Crippen LogP contribution in [0.1, 0.15) is 29.3 Å². The molecule has 206 valence electrons. The van der Waals surface area contributed by atoms with E-state index in [0.29, 0.717) is 11.5 Å². The summed E-state index contributed by atoms with van der Waals surface area (Å²) in [5.41, 5.74) is 6.38. The summed E-state index contributed by atoms with van der Waals surface area (Å²) >= 11 is 4.77. The second-order valence-electron chi connectivity index (χ2n) is 9.49. The lowest BCUT2D eigenvalue weighted by atomic mass is 9.77. The second kappa shape index (κ2) is 10.5. The summed E-state index contributed by atoms with van der Waals surface area (Å²) in [5, 5.41) is 0. The fraction of sp³-hybridized carbons (Fsp3) is 0.214. The average molecular weight is 580 g/mol. The van der Waals surface area contributed by atoms with Gasteiger partial charge in [-0.15, -0.1) is 0 Å². The molecule has 2 aliphatic heterocycles. The zero-order chi connectivity index (χ0) is 27.9. The number of ether oxygens (including phenoxy) is 3. The molecular weight excluding hydrogens is 553 g/mol. The van der Waals surface area contributed by atoms with Crippen LogP contribution >= 0.6 is 6.72 Å². The Kier molecular flexibility index (Phi) is 7.05. The molecule has 1 saturated heterocycles. The van der Waals surface area contributed by atoms with Crippen LogP contribution < -0.4 is 16.2 Å². The van der Waals surface area contributed by atoms with Crippen LogP contribution in [-0.2, 0) is 31.4 Å². The Balaban J connectivity index is 1.41. The summed E-state index contributed by atoms with van der Waals surface area (Å²) in [4.78, 5) is 36.3. The summed E-state index contributed by atoms with van der Waals surface area (Å²) in [6.07, 6.45) is -0.941. The molecule has 0 spiro atoms. The number of hydrogen-bond donors (Lipinski definition) is 3. The quantitative estimate of drug-likeness (QED) is 0.277. The molecule has 40 heavy (non-hydrogen) atoms. The maximum Gasteiger partial charge on any atom is 0.351 e. The molecule has 4 aromatic rings. The molecule has 12 heteroatoms. The fourth-order valence-electron chi connectivity index (χ4n) is 5.34. The fourth-order valence-corrected chi connectivity index (χ4v) is 6.25. The highest BCUT2D eigenvalue weighted by Crippen LogP contribution is 2.53. The lowest BCUT2D eigenvalue weighted by molar-refractivity contribution is -0.0941. The number of para-hydroxylation sites is 2. The van der Waals surface area contributed by atoms with Crippen molar-refractivity contribution in [2.24, 2.45) is 0 Å². The van der Waals surface area contributed by atoms with Crippen LogP contribution in [0, 0.1) is 0 Å². The lowest BCUT2D eigenvalue weighted by Crippen LogP contribution is -2.40. The molecular formula is C28H26N3O7PS. The van der Waals surface area contributed by atoms with Crippen molar-refractivity contribution < 1.29 is 28.5 Å². The summed E-state index contributed by atoms with van der Waals surface area (Å²) in [5.74, 6) is 1.36. The monoisotopic (exact) mass is 579 g/mol. The van der Waals surface area contributed by atoms with Crippen molar-refractivity contribution in [1.82, 2.24) is 9.55 Å². The van der Waals surface area contributed by atoms with Crippen LogP contribution in [0.5, 0.6) is 11.5 Å². The van der Waals surface area contributed by atoms with Crippen LogP contribution in [0.2, 0.25) is 0 Å². The van der Waals surface area contributed by atoms with Gasteiger partial charge in [-0.25, -0.2) is 4.79 Å². The molecule has 3 heterocycles. The third kappa shape index (κ3) is 4.97. The van der Waals surface area contributed by atoms with Crippen LogP contribution in [0.15, 0.2) is 95.9 Å². The van der Waals surface area contributed by atoms with E-state index in [1.807, 2.05) is 78.9 Å². The van der Waals surface area contributed by atoms with Crippen molar-refractivity contribution in [2.45, 2.75) is 30.5 Å². The highest BCUT2D eigenvalue weighted by atomic mass is 32.5. The van der Waals surface area contributed by atoms with E-state index in [4.69, 9.17) is 36.3 Å². The minimum atomic E-state index is -4.07. The van der Waals surface area contributed by atoms with Gasteiger partial charge in [0.05, 0.1) is 12.7 Å². The molecule has 10 nitrogen and oxygen atoms in total. The number of hydrogen-bond acceptors (Lipinski definition) is 8. The number of benzene rings is 3. The van der Waals surface area contributed by atoms with E-state index in [-0.39, 0.29) is 18.8 Å². The van der Waals surface area contributed by atoms with Gasteiger partial charge in [0, 0.05) is 23.7 Å². The van der Waals surface area contributed by atoms with Gasteiger partial charge in [-0.2, -0.15) is 4.98 Å². The molecule has 0 bridgehead atoms. The van der Waals surface area contributed by atoms with Crippen LogP contribution in [0.4, 0.5) is 5.82 Å². The Morgan fingerprint density at radius 2 is 1.62 bits per heavy atom. The molecule has 3 aromatic carbocycles. The van der Waals surface area contributed by atoms with E-state index < -0.39 is 36.4 Å². The van der Waals surface area contributed by atoms with E-state index in [9.17, 15) is 14.6 Å². The molecule has 6 rings (SSSR count). The van der Waals surface area contributed by atoms with E-state index >= 15 is 0 Å². The molecule has 0 aliphatic carbocycles. The summed E-state index contributed by atoms with van der Waals surface area (Å²) in [7, 11) is 0. The SMILES string of the molecule is Nc1ccn([C@H]2C[C@H](OP(O)(O)=S)[C@@H](COC3(c4ccccc4)c4ccccc4Oc4ccccc43)O2)c(=O)n1. The second-order valence-corrected chi connectivity index (χ2v) is 12.1. The molecule has 3 atom stereocenters. The van der Waals surface area contributed by atoms with E-state index in [0.717, 1.165) is 16.7 Å². The van der Waals surface area contributed by atoms with Gasteiger partial charge in [0.1, 0.15) is 29.6 Å². The third-order valence-electron chi connectivity index (χ3n) is 7.01. The Morgan fingerprint density at radius 1 is 1.00 bits per heavy atom. The number of anilines is 1. The minimum Gasteiger partial charge on any atom is -0.457 e. The Labute approximate surface area is 234 Å². The standard InChI is InChI=1S/C28H26N3O7PS/c29-25-14-15-31(27(32)30-25)26-16-23(38-39(33,34)40)24(37-26)17-35-28(18-8-2-1-3-9-18)19-10-4-6-12-21(19)36-22-13-7-5-11-20(22)28/h1-15,23-24,26H,16-17H2,(H2,29,30,32)(H2,33,34,40)/t23-,24+,26+/m0/s1. The molecule has 0 radical (unpaired) electrons. The largest absolute Gasteiger partial charge is 0.457 e. The van der Waals surface area contributed by atoms with Crippen molar-refractivity contribution >= 4 is 24.3 Å². The van der Waals surface area contributed by atoms with Crippen LogP contribution in [0.3, 0.4) is 0 Å². The number of nitrogens with zero attached hydrogens (tertiary/aromatic N) is 2. The molecule has 1 fully saturated rings. The predicted octanol–water partition coefficient (Wildman–Crippen LogP) is 3.82. The number of rotatable bonds is 7. The number of nitrogens with two attached hydrogens (primary N) is 1. The Hall–Kier alpha value is -3.41. The van der Waals surface area contributed by atoms with Crippen molar-refractivity contribution in [3.8, 4) is 11.5 Å². The molecule has 0 amide bonds. The first kappa shape index (κ1) is 26.8. The Bertz CT molecular complexity index is 1600. The van der Waals surface area contributed by atoms with Gasteiger partial charge in [0.25, 0.3) is 0 Å². The third-order valence-corrected chi connectivity index (χ3v) is 7.82. The van der Waals surface area contributed by atoms with Crippen molar-refractivity contribution in [2.75, 3.05) is 12.3 Å². The summed E-state index contributed by atoms with van der Waals surface area (Å²) < 4.78 is 26.1. The van der Waals surface area contributed by atoms with Gasteiger partial charge in [-0.1, -0.05) is 66.7 Å². The van der Waals surface area contributed by atoms with E-state index in [2.05, 4.69) is 4.98 Å². The van der Waals surface area contributed by atoms with Crippen molar-refractivity contribution in [1.29, 1.82) is 0 Å². The number of nitrogen functional groups attached to an aromatic ring is 1. The first-order valence-corrected chi connectivity index (χ1v) is 15.2. The summed E-state index contributed by atoms with van der Waals surface area (Å²) in [6.45, 7) is -4.12. The molecule has 0 saturated carbocycles. The summed E-state index contributed by atoms with van der Waals surface area (Å²) in [6, 6.07) is 26.5. The van der Waals surface area contributed by atoms with Crippen LogP contribution in [0.25, 0.3) is 0 Å². The highest BCUT2D eigenvalue weighted by Gasteiger charge is 2.47. The minimum absolute atomic E-state index is 0.0504. The smallest absolute Gasteiger partial charge is 0.351 e. The molecule has 2 aliphatic rings. The van der Waals surface area contributed by atoms with Crippen molar-refractivity contribution in [3.63, 3.8) is 0 Å². The Morgan fingerprint density at radius 3 is 2.25 bits per heavy atom. The van der Waals surface area contributed by atoms with Gasteiger partial charge in [0.15, 0.2) is 5.60 Å². The average Bonchev–Trinajstić information content (AvgIpc) is 3.32. The topological polar surface area (TPSA) is 138 Å². The highest BCUT2D eigenvalue weighted by molar-refractivity contribution is 8.06. The normalized spacial score (nSPS) is 21.3. The van der Waals surface area contributed by atoms with Crippen molar-refractivity contribution in [3.05, 3.63) is 118 Å². The molecule has 4 N–H and O–H groups in total. The lowest BCUT2D eigenvalue weighted by Gasteiger charge is -2.41. The van der Waals surface area contributed by atoms with Gasteiger partial charge in [0.2, 0.25) is 0 Å². The maximum absolute atomic E-state index is 12.5.